The number of benzene rings is 1. The number of carbonyl (C=O) groups excluding carboxylic acids is 1. The summed E-state index contributed by atoms with van der Waals surface area (Å²) in [5, 5.41) is 18.1. The number of aromatic nitrogens is 2. The lowest BCUT2D eigenvalue weighted by molar-refractivity contribution is -0.384. The average molecular weight is 560 g/mol. The molecule has 2 aromatic heterocycles. The van der Waals surface area contributed by atoms with Crippen molar-refractivity contribution in [1.82, 2.24) is 19.8 Å². The lowest BCUT2D eigenvalue weighted by Crippen LogP contribution is -2.28. The van der Waals surface area contributed by atoms with Crippen LogP contribution in [0, 0.1) is 10.1 Å². The Balaban J connectivity index is 1.39. The lowest BCUT2D eigenvalue weighted by atomic mass is 10.0. The zero-order chi connectivity index (χ0) is 27.1. The van der Waals surface area contributed by atoms with Crippen molar-refractivity contribution in [3.63, 3.8) is 0 Å². The highest BCUT2D eigenvalue weighted by molar-refractivity contribution is 6.36. The molecule has 1 aromatic carbocycles. The Morgan fingerprint density at radius 2 is 1.82 bits per heavy atom. The molecule has 0 saturated carbocycles. The van der Waals surface area contributed by atoms with Crippen LogP contribution in [0.25, 0.3) is 11.1 Å². The van der Waals surface area contributed by atoms with Gasteiger partial charge in [0, 0.05) is 59.3 Å². The first-order valence-electron chi connectivity index (χ1n) is 12.6. The quantitative estimate of drug-likeness (QED) is 0.160. The van der Waals surface area contributed by atoms with Gasteiger partial charge >= 0.3 is 5.69 Å². The lowest BCUT2D eigenvalue weighted by Gasteiger charge is -2.14. The molecule has 1 saturated heterocycles. The smallest absolute Gasteiger partial charge is 0.311 e. The van der Waals surface area contributed by atoms with Crippen LogP contribution in [0.2, 0.25) is 10.0 Å². The monoisotopic (exact) mass is 559 g/mol. The van der Waals surface area contributed by atoms with Crippen LogP contribution in [0.3, 0.4) is 0 Å². The number of pyridine rings is 1. The summed E-state index contributed by atoms with van der Waals surface area (Å²) in [4.78, 5) is 30.0. The molecule has 0 bridgehead atoms. The molecule has 38 heavy (non-hydrogen) atoms. The standard InChI is InChI=1S/C26H31Cl2N7O3/c27-18-5-6-19(22(28)15-18)20-16-34(14-3-9-30-24-8-7-23(35(37)38)25(29)32-24)17-21(20)26(36)31-10-4-13-33-11-1-2-12-33/h5-8,15-17H,1-4,9-14H2,(H,31,36)(H3,29,30,32). The maximum atomic E-state index is 13.2. The van der Waals surface area contributed by atoms with Crippen LogP contribution in [0.15, 0.2) is 42.7 Å². The Hall–Kier alpha value is -3.34. The second-order valence-electron chi connectivity index (χ2n) is 9.24. The van der Waals surface area contributed by atoms with Crippen molar-refractivity contribution in [1.29, 1.82) is 0 Å². The molecule has 4 rings (SSSR count). The van der Waals surface area contributed by atoms with Crippen LogP contribution in [0.1, 0.15) is 36.0 Å². The number of nitrogens with zero attached hydrogens (tertiary/aromatic N) is 4. The minimum Gasteiger partial charge on any atom is -0.378 e. The minimum atomic E-state index is -0.565. The summed E-state index contributed by atoms with van der Waals surface area (Å²) in [6, 6.07) is 8.09. The maximum absolute atomic E-state index is 13.2. The number of nitrogens with one attached hydrogen (secondary N) is 2. The number of hydrogen-bond acceptors (Lipinski definition) is 7. The number of hydrogen-bond donors (Lipinski definition) is 3. The number of nitro groups is 1. The molecule has 1 aliphatic heterocycles. The van der Waals surface area contributed by atoms with Gasteiger partial charge in [0.2, 0.25) is 5.82 Å². The molecule has 1 amide bonds. The van der Waals surface area contributed by atoms with Gasteiger partial charge in [0.05, 0.1) is 10.5 Å². The van der Waals surface area contributed by atoms with E-state index in [1.807, 2.05) is 23.0 Å². The molecule has 4 N–H and O–H groups in total. The fourth-order valence-electron chi connectivity index (χ4n) is 4.55. The summed E-state index contributed by atoms with van der Waals surface area (Å²) in [5.74, 6) is 0.184. The number of nitrogen functional groups attached to an aromatic ring is 1. The summed E-state index contributed by atoms with van der Waals surface area (Å²) >= 11 is 12.6. The molecule has 0 spiro atoms. The highest BCUT2D eigenvalue weighted by atomic mass is 35.5. The van der Waals surface area contributed by atoms with Gasteiger partial charge in [-0.15, -0.1) is 0 Å². The van der Waals surface area contributed by atoms with E-state index in [-0.39, 0.29) is 17.4 Å². The molecule has 12 heteroatoms. The highest BCUT2D eigenvalue weighted by Gasteiger charge is 2.19. The molecule has 1 fully saturated rings. The topological polar surface area (TPSA) is 131 Å². The Morgan fingerprint density at radius 1 is 1.05 bits per heavy atom. The molecular weight excluding hydrogens is 529 g/mol. The first kappa shape index (κ1) is 27.7. The average Bonchev–Trinajstić information content (AvgIpc) is 3.54. The number of aryl methyl sites for hydroxylation is 1. The van der Waals surface area contributed by atoms with E-state index in [1.54, 1.807) is 12.1 Å². The van der Waals surface area contributed by atoms with Crippen molar-refractivity contribution in [3.8, 4) is 11.1 Å². The van der Waals surface area contributed by atoms with Gasteiger partial charge in [-0.1, -0.05) is 29.3 Å². The van der Waals surface area contributed by atoms with Crippen molar-refractivity contribution >= 4 is 46.4 Å². The second kappa shape index (κ2) is 12.9. The van der Waals surface area contributed by atoms with Crippen LogP contribution in [-0.2, 0) is 6.54 Å². The molecule has 1 aliphatic rings. The Bertz CT molecular complexity index is 1290. The van der Waals surface area contributed by atoms with Crippen LogP contribution < -0.4 is 16.4 Å². The number of carbonyl (C=O) groups is 1. The van der Waals surface area contributed by atoms with E-state index < -0.39 is 4.92 Å². The first-order valence-corrected chi connectivity index (χ1v) is 13.4. The number of anilines is 2. The molecule has 3 aromatic rings. The molecule has 0 radical (unpaired) electrons. The second-order valence-corrected chi connectivity index (χ2v) is 10.1. The van der Waals surface area contributed by atoms with E-state index in [9.17, 15) is 14.9 Å². The Morgan fingerprint density at radius 3 is 2.53 bits per heavy atom. The number of amides is 1. The molecule has 0 atom stereocenters. The summed E-state index contributed by atoms with van der Waals surface area (Å²) in [5.41, 5.74) is 7.46. The number of likely N-dealkylation sites (tertiary alicyclic amines) is 1. The van der Waals surface area contributed by atoms with Crippen LogP contribution in [0.4, 0.5) is 17.3 Å². The summed E-state index contributed by atoms with van der Waals surface area (Å²) in [7, 11) is 0. The van der Waals surface area contributed by atoms with E-state index >= 15 is 0 Å². The summed E-state index contributed by atoms with van der Waals surface area (Å²) < 4.78 is 1.96. The zero-order valence-corrected chi connectivity index (χ0v) is 22.5. The van der Waals surface area contributed by atoms with Gasteiger partial charge in [-0.05, 0) is 63.5 Å². The van der Waals surface area contributed by atoms with Crippen LogP contribution >= 0.6 is 23.2 Å². The zero-order valence-electron chi connectivity index (χ0n) is 21.0. The molecule has 202 valence electrons. The largest absolute Gasteiger partial charge is 0.378 e. The summed E-state index contributed by atoms with van der Waals surface area (Å²) in [6.07, 6.45) is 7.85. The van der Waals surface area contributed by atoms with Crippen LogP contribution in [-0.4, -0.2) is 58.0 Å². The van der Waals surface area contributed by atoms with E-state index in [0.29, 0.717) is 47.5 Å². The predicted octanol–water partition coefficient (Wildman–Crippen LogP) is 5.07. The number of rotatable bonds is 12. The van der Waals surface area contributed by atoms with Gasteiger partial charge in [-0.25, -0.2) is 4.98 Å². The molecule has 0 unspecified atom stereocenters. The highest BCUT2D eigenvalue weighted by Crippen LogP contribution is 2.33. The van der Waals surface area contributed by atoms with Crippen molar-refractivity contribution in [3.05, 3.63) is 68.4 Å². The molecule has 3 heterocycles. The van der Waals surface area contributed by atoms with Crippen molar-refractivity contribution in [2.24, 2.45) is 0 Å². The normalized spacial score (nSPS) is 13.5. The van der Waals surface area contributed by atoms with Gasteiger partial charge in [0.1, 0.15) is 5.82 Å². The minimum absolute atomic E-state index is 0.133. The Kier molecular flexibility index (Phi) is 9.43. The van der Waals surface area contributed by atoms with Crippen molar-refractivity contribution in [2.75, 3.05) is 43.8 Å². The van der Waals surface area contributed by atoms with E-state index in [1.165, 1.54) is 25.0 Å². The van der Waals surface area contributed by atoms with E-state index in [4.69, 9.17) is 28.9 Å². The van der Waals surface area contributed by atoms with Gasteiger partial charge in [-0.2, -0.15) is 0 Å². The molecule has 10 nitrogen and oxygen atoms in total. The number of nitrogens with two attached hydrogens (primary N) is 1. The fraction of sp³-hybridized carbons (Fsp3) is 0.385. The van der Waals surface area contributed by atoms with E-state index in [0.717, 1.165) is 37.2 Å². The third-order valence-electron chi connectivity index (χ3n) is 6.48. The SMILES string of the molecule is Nc1nc(NCCCn2cc(C(=O)NCCCN3CCCC3)c(-c3ccc(Cl)cc3Cl)c2)ccc1[N+](=O)[O-]. The van der Waals surface area contributed by atoms with Crippen molar-refractivity contribution < 1.29 is 9.72 Å². The van der Waals surface area contributed by atoms with Gasteiger partial charge in [0.25, 0.3) is 5.91 Å². The number of halogens is 2. The molecule has 0 aliphatic carbocycles. The third-order valence-corrected chi connectivity index (χ3v) is 7.03. The predicted molar refractivity (Wildman–Crippen MR) is 151 cm³/mol. The fourth-order valence-corrected chi connectivity index (χ4v) is 5.06. The van der Waals surface area contributed by atoms with Crippen LogP contribution in [0.5, 0.6) is 0 Å². The summed E-state index contributed by atoms with van der Waals surface area (Å²) in [6.45, 7) is 5.04. The van der Waals surface area contributed by atoms with E-state index in [2.05, 4.69) is 20.5 Å². The van der Waals surface area contributed by atoms with Crippen molar-refractivity contribution in [2.45, 2.75) is 32.2 Å². The maximum Gasteiger partial charge on any atom is 0.311 e. The first-order chi connectivity index (χ1) is 18.3. The molecular formula is C26H31Cl2N7O3. The van der Waals surface area contributed by atoms with Gasteiger partial charge < -0.3 is 25.8 Å². The van der Waals surface area contributed by atoms with Gasteiger partial charge in [-0.3, -0.25) is 14.9 Å². The van der Waals surface area contributed by atoms with Gasteiger partial charge in [0.15, 0.2) is 0 Å². The third kappa shape index (κ3) is 7.15. The Labute approximate surface area is 231 Å².